The van der Waals surface area contributed by atoms with Gasteiger partial charge in [0, 0.05) is 17.6 Å². The van der Waals surface area contributed by atoms with E-state index >= 15 is 0 Å². The summed E-state index contributed by atoms with van der Waals surface area (Å²) >= 11 is 4.18. The van der Waals surface area contributed by atoms with Crippen molar-refractivity contribution in [3.05, 3.63) is 60.6 Å². The lowest BCUT2D eigenvalue weighted by Crippen LogP contribution is -2.19. The molecule has 0 aliphatic heterocycles. The molecule has 1 aromatic carbocycles. The minimum absolute atomic E-state index is 0.0419. The lowest BCUT2D eigenvalue weighted by Gasteiger charge is -2.06. The summed E-state index contributed by atoms with van der Waals surface area (Å²) in [6.45, 7) is 5.94. The molecule has 10 heteroatoms. The maximum absolute atomic E-state index is 12.7. The summed E-state index contributed by atoms with van der Waals surface area (Å²) in [7, 11) is 1.73. The minimum Gasteiger partial charge on any atom is -0.320 e. The Balaban J connectivity index is 1.48. The number of rotatable bonds is 5. The molecule has 30 heavy (non-hydrogen) atoms. The number of hydrogen-bond donors (Lipinski definition) is 1. The van der Waals surface area contributed by atoms with Crippen LogP contribution in [0.4, 0.5) is 5.69 Å². The molecule has 0 aliphatic rings. The maximum atomic E-state index is 12.7. The number of nitrogens with one attached hydrogen (secondary N) is 1. The molecule has 0 radical (unpaired) electrons. The van der Waals surface area contributed by atoms with Gasteiger partial charge in [-0.15, -0.1) is 21.5 Å². The number of aromatic nitrogens is 4. The van der Waals surface area contributed by atoms with Crippen LogP contribution in [0.5, 0.6) is 0 Å². The zero-order chi connectivity index (χ0) is 21.4. The van der Waals surface area contributed by atoms with Gasteiger partial charge in [-0.25, -0.2) is 4.98 Å². The summed E-state index contributed by atoms with van der Waals surface area (Å²) in [4.78, 5) is 31.6. The van der Waals surface area contributed by atoms with E-state index in [1.807, 2.05) is 45.0 Å². The fraction of sp³-hybridized carbons (Fsp3) is 0.250. The SMILES string of the molecule is Cc1ccc(NC(=O)c2nnc(CSc3nc4sc(C)c(C)c4c(=O)n3C)s2)cc1. The van der Waals surface area contributed by atoms with Gasteiger partial charge in [-0.2, -0.15) is 0 Å². The summed E-state index contributed by atoms with van der Waals surface area (Å²) in [6.07, 6.45) is 0. The Morgan fingerprint density at radius 3 is 2.60 bits per heavy atom. The Morgan fingerprint density at radius 2 is 1.87 bits per heavy atom. The van der Waals surface area contributed by atoms with Crippen LogP contribution in [0.2, 0.25) is 0 Å². The molecule has 7 nitrogen and oxygen atoms in total. The molecule has 3 aromatic heterocycles. The highest BCUT2D eigenvalue weighted by molar-refractivity contribution is 7.98. The van der Waals surface area contributed by atoms with Crippen molar-refractivity contribution in [3.63, 3.8) is 0 Å². The number of carbonyl (C=O) groups excluding carboxylic acids is 1. The fourth-order valence-electron chi connectivity index (χ4n) is 2.84. The topological polar surface area (TPSA) is 89.8 Å². The van der Waals surface area contributed by atoms with Crippen LogP contribution in [0, 0.1) is 20.8 Å². The van der Waals surface area contributed by atoms with E-state index in [0.717, 1.165) is 20.8 Å². The van der Waals surface area contributed by atoms with Crippen LogP contribution in [0.25, 0.3) is 10.2 Å². The Kier molecular flexibility index (Phi) is 5.72. The number of anilines is 1. The van der Waals surface area contributed by atoms with E-state index in [9.17, 15) is 9.59 Å². The Labute approximate surface area is 185 Å². The smallest absolute Gasteiger partial charge is 0.286 e. The first-order valence-electron chi connectivity index (χ1n) is 9.13. The quantitative estimate of drug-likeness (QED) is 0.355. The molecule has 0 saturated carbocycles. The number of benzene rings is 1. The van der Waals surface area contributed by atoms with Crippen LogP contribution in [0.15, 0.2) is 34.2 Å². The van der Waals surface area contributed by atoms with E-state index in [1.165, 1.54) is 34.4 Å². The van der Waals surface area contributed by atoms with Crippen LogP contribution < -0.4 is 10.9 Å². The number of thioether (sulfide) groups is 1. The number of nitrogens with zero attached hydrogens (tertiary/aromatic N) is 4. The minimum atomic E-state index is -0.288. The van der Waals surface area contributed by atoms with Gasteiger partial charge in [0.2, 0.25) is 5.01 Å². The number of amides is 1. The number of carbonyl (C=O) groups is 1. The average molecular weight is 458 g/mol. The van der Waals surface area contributed by atoms with Crippen LogP contribution in [0.1, 0.15) is 30.8 Å². The number of fused-ring (bicyclic) bond motifs is 1. The second-order valence-electron chi connectivity index (χ2n) is 6.83. The molecule has 0 fully saturated rings. The molecule has 1 N–H and O–H groups in total. The van der Waals surface area contributed by atoms with Gasteiger partial charge in [0.25, 0.3) is 11.5 Å². The van der Waals surface area contributed by atoms with Crippen molar-refractivity contribution in [1.82, 2.24) is 19.7 Å². The molecule has 3 heterocycles. The third-order valence-electron chi connectivity index (χ3n) is 4.66. The molecule has 0 bridgehead atoms. The first kappa shape index (κ1) is 20.7. The molecular formula is C20H19N5O2S3. The summed E-state index contributed by atoms with van der Waals surface area (Å²) in [5, 5.41) is 13.2. The first-order valence-corrected chi connectivity index (χ1v) is 11.7. The van der Waals surface area contributed by atoms with Crippen LogP contribution in [-0.4, -0.2) is 25.7 Å². The second kappa shape index (κ2) is 8.29. The van der Waals surface area contributed by atoms with Crippen LogP contribution in [-0.2, 0) is 12.8 Å². The van der Waals surface area contributed by atoms with Crippen LogP contribution >= 0.6 is 34.4 Å². The highest BCUT2D eigenvalue weighted by Gasteiger charge is 2.17. The molecule has 0 saturated heterocycles. The maximum Gasteiger partial charge on any atom is 0.286 e. The van der Waals surface area contributed by atoms with Crippen molar-refractivity contribution in [3.8, 4) is 0 Å². The van der Waals surface area contributed by atoms with Crippen molar-refractivity contribution < 1.29 is 4.79 Å². The average Bonchev–Trinajstić information content (AvgIpc) is 3.30. The van der Waals surface area contributed by atoms with Crippen molar-refractivity contribution in [2.75, 3.05) is 5.32 Å². The first-order chi connectivity index (χ1) is 14.3. The summed E-state index contributed by atoms with van der Waals surface area (Å²) in [6, 6.07) is 7.56. The van der Waals surface area contributed by atoms with E-state index in [4.69, 9.17) is 0 Å². The van der Waals surface area contributed by atoms with E-state index < -0.39 is 0 Å². The van der Waals surface area contributed by atoms with E-state index in [0.29, 0.717) is 32.0 Å². The largest absolute Gasteiger partial charge is 0.320 e. The van der Waals surface area contributed by atoms with Gasteiger partial charge in [-0.3, -0.25) is 14.2 Å². The van der Waals surface area contributed by atoms with Crippen molar-refractivity contribution in [1.29, 1.82) is 0 Å². The molecule has 4 rings (SSSR count). The molecule has 0 unspecified atom stereocenters. The van der Waals surface area contributed by atoms with Gasteiger partial charge in [0.05, 0.1) is 11.1 Å². The molecule has 0 aliphatic carbocycles. The van der Waals surface area contributed by atoms with Gasteiger partial charge in [0.15, 0.2) is 5.16 Å². The molecule has 4 aromatic rings. The van der Waals surface area contributed by atoms with Gasteiger partial charge >= 0.3 is 0 Å². The Hall–Kier alpha value is -2.56. The third kappa shape index (κ3) is 4.03. The zero-order valence-corrected chi connectivity index (χ0v) is 19.3. The van der Waals surface area contributed by atoms with Gasteiger partial charge in [-0.1, -0.05) is 40.8 Å². The Morgan fingerprint density at radius 1 is 1.13 bits per heavy atom. The predicted octanol–water partition coefficient (Wildman–Crippen LogP) is 4.32. The molecule has 0 atom stereocenters. The number of hydrogen-bond acceptors (Lipinski definition) is 8. The molecular weight excluding hydrogens is 438 g/mol. The summed E-state index contributed by atoms with van der Waals surface area (Å²) in [5.74, 6) is 0.189. The Bertz CT molecular complexity index is 1300. The monoisotopic (exact) mass is 457 g/mol. The van der Waals surface area contributed by atoms with Gasteiger partial charge in [-0.05, 0) is 38.5 Å². The zero-order valence-electron chi connectivity index (χ0n) is 16.8. The van der Waals surface area contributed by atoms with Crippen molar-refractivity contribution >= 4 is 56.2 Å². The number of aryl methyl sites for hydroxylation is 3. The van der Waals surface area contributed by atoms with Crippen LogP contribution in [0.3, 0.4) is 0 Å². The normalized spacial score (nSPS) is 11.2. The molecule has 0 spiro atoms. The van der Waals surface area contributed by atoms with Gasteiger partial charge < -0.3 is 5.32 Å². The van der Waals surface area contributed by atoms with E-state index in [1.54, 1.807) is 11.6 Å². The predicted molar refractivity (Wildman–Crippen MR) is 123 cm³/mol. The van der Waals surface area contributed by atoms with Crippen molar-refractivity contribution in [2.45, 2.75) is 31.7 Å². The highest BCUT2D eigenvalue weighted by atomic mass is 32.2. The van der Waals surface area contributed by atoms with E-state index in [-0.39, 0.29) is 11.5 Å². The fourth-order valence-corrected chi connectivity index (χ4v) is 5.60. The van der Waals surface area contributed by atoms with E-state index in [2.05, 4.69) is 20.5 Å². The standard InChI is InChI=1S/C20H19N5O2S3/c1-10-5-7-13(8-6-10)21-16(26)18-24-23-14(30-18)9-28-20-22-17-15(19(27)25(20)4)11(2)12(3)29-17/h5-8H,9H2,1-4H3,(H,21,26). The van der Waals surface area contributed by atoms with Gasteiger partial charge in [0.1, 0.15) is 9.84 Å². The molecule has 1 amide bonds. The molecule has 154 valence electrons. The third-order valence-corrected chi connectivity index (χ3v) is 7.91. The lowest BCUT2D eigenvalue weighted by molar-refractivity contribution is 0.102. The highest BCUT2D eigenvalue weighted by Crippen LogP contribution is 2.29. The van der Waals surface area contributed by atoms with Crippen molar-refractivity contribution in [2.24, 2.45) is 7.05 Å². The summed E-state index contributed by atoms with van der Waals surface area (Å²) < 4.78 is 1.57. The second-order valence-corrected chi connectivity index (χ2v) is 10.0. The summed E-state index contributed by atoms with van der Waals surface area (Å²) in [5.41, 5.74) is 2.79. The number of thiophene rings is 1. The lowest BCUT2D eigenvalue weighted by atomic mass is 10.2.